The number of hydrogen-bond donors (Lipinski definition) is 1. The van der Waals surface area contributed by atoms with E-state index in [4.69, 9.17) is 9.47 Å². The molecule has 3 amide bonds. The highest BCUT2D eigenvalue weighted by atomic mass is 79.9. The summed E-state index contributed by atoms with van der Waals surface area (Å²) in [5.41, 5.74) is 2.56. The Bertz CT molecular complexity index is 1660. The average Bonchev–Trinajstić information content (AvgIpc) is 3.06. The van der Waals surface area contributed by atoms with Crippen molar-refractivity contribution in [3.63, 3.8) is 0 Å². The molecule has 0 bridgehead atoms. The van der Waals surface area contributed by atoms with Gasteiger partial charge in [-0.3, -0.25) is 19.3 Å². The first-order valence-corrected chi connectivity index (χ1v) is 15.7. The van der Waals surface area contributed by atoms with Crippen LogP contribution in [0.2, 0.25) is 0 Å². The van der Waals surface area contributed by atoms with Crippen molar-refractivity contribution in [1.29, 1.82) is 0 Å². The molecule has 3 aromatic rings. The normalized spacial score (nSPS) is 14.6. The van der Waals surface area contributed by atoms with Crippen LogP contribution in [-0.2, 0) is 14.4 Å². The second-order valence-electron chi connectivity index (χ2n) is 9.55. The maximum Gasteiger partial charge on any atom is 0.285 e. The van der Waals surface area contributed by atoms with Crippen molar-refractivity contribution in [2.45, 2.75) is 13.0 Å². The molecular formula is C35H32BrN3O5S. The molecule has 0 unspecified atom stereocenters. The number of amides is 3. The lowest BCUT2D eigenvalue weighted by molar-refractivity contribution is -0.126. The van der Waals surface area contributed by atoms with Crippen molar-refractivity contribution in [2.24, 2.45) is 4.99 Å². The molecule has 0 atom stereocenters. The number of allylic oxidation sites excluding steroid dienone is 4. The lowest BCUT2D eigenvalue weighted by Gasteiger charge is -2.28. The van der Waals surface area contributed by atoms with Gasteiger partial charge in [0.1, 0.15) is 5.57 Å². The predicted octanol–water partition coefficient (Wildman–Crippen LogP) is 6.86. The first-order valence-electron chi connectivity index (χ1n) is 13.9. The van der Waals surface area contributed by atoms with Crippen molar-refractivity contribution in [3.8, 4) is 11.5 Å². The number of carbonyl (C=O) groups is 3. The van der Waals surface area contributed by atoms with Crippen molar-refractivity contribution >= 4 is 56.7 Å². The van der Waals surface area contributed by atoms with E-state index >= 15 is 0 Å². The maximum absolute atomic E-state index is 14.0. The number of thioether (sulfide) groups is 1. The van der Waals surface area contributed by atoms with Gasteiger partial charge in [-0.2, -0.15) is 4.99 Å². The third-order valence-electron chi connectivity index (χ3n) is 6.69. The first kappa shape index (κ1) is 33.2. The van der Waals surface area contributed by atoms with Gasteiger partial charge in [0.2, 0.25) is 5.91 Å². The molecule has 4 rings (SSSR count). The fourth-order valence-corrected chi connectivity index (χ4v) is 5.88. The number of halogens is 1. The number of carbonyl (C=O) groups excluding carboxylic acids is 3. The summed E-state index contributed by atoms with van der Waals surface area (Å²) in [6.45, 7) is 5.47. The molecule has 1 N–H and O–H groups in total. The van der Waals surface area contributed by atoms with Crippen molar-refractivity contribution in [2.75, 3.05) is 20.0 Å². The minimum Gasteiger partial charge on any atom is -0.493 e. The maximum atomic E-state index is 14.0. The standard InChI is InChI=1S/C35H32BrN3O5S/c1-5-7-18-27(6-2)39-34(42)28(20-25-19-26(36)21-29(43-3)32(25)44-4)33(41)38-35(39)45-22-30(40)37-31(23-14-10-8-11-15-23)24-16-12-9-13-17-24/h5-21,31H,1,22H2,2-4H3,(H,37,40)/b18-7-,27-6+,28-20+. The third kappa shape index (κ3) is 8.09. The molecule has 0 spiro atoms. The summed E-state index contributed by atoms with van der Waals surface area (Å²) in [7, 11) is 2.97. The Kier molecular flexibility index (Phi) is 11.7. The van der Waals surface area contributed by atoms with E-state index in [-0.39, 0.29) is 28.4 Å². The number of rotatable bonds is 11. The van der Waals surface area contributed by atoms with Crippen LogP contribution in [0.5, 0.6) is 11.5 Å². The van der Waals surface area contributed by atoms with Crippen LogP contribution in [-0.4, -0.2) is 47.8 Å². The zero-order valence-corrected chi connectivity index (χ0v) is 27.4. The van der Waals surface area contributed by atoms with Crippen LogP contribution < -0.4 is 14.8 Å². The van der Waals surface area contributed by atoms with E-state index in [1.54, 1.807) is 43.4 Å². The number of methoxy groups -OCH3 is 2. The highest BCUT2D eigenvalue weighted by Crippen LogP contribution is 2.37. The topological polar surface area (TPSA) is 97.3 Å². The van der Waals surface area contributed by atoms with Gasteiger partial charge in [-0.15, -0.1) is 0 Å². The van der Waals surface area contributed by atoms with Gasteiger partial charge in [-0.1, -0.05) is 113 Å². The average molecular weight is 687 g/mol. The summed E-state index contributed by atoms with van der Waals surface area (Å²) in [6.07, 6.45) is 8.06. The molecule has 45 heavy (non-hydrogen) atoms. The lowest BCUT2D eigenvalue weighted by Crippen LogP contribution is -2.42. The Hall–Kier alpha value is -4.67. The third-order valence-corrected chi connectivity index (χ3v) is 8.08. The molecule has 0 saturated carbocycles. The second kappa shape index (κ2) is 15.9. The molecule has 230 valence electrons. The van der Waals surface area contributed by atoms with Gasteiger partial charge in [-0.25, -0.2) is 0 Å². The Balaban J connectivity index is 1.67. The number of ether oxygens (including phenoxy) is 2. The van der Waals surface area contributed by atoms with Crippen molar-refractivity contribution in [1.82, 2.24) is 10.2 Å². The molecule has 10 heteroatoms. The van der Waals surface area contributed by atoms with Crippen LogP contribution in [0.4, 0.5) is 0 Å². The van der Waals surface area contributed by atoms with E-state index in [0.29, 0.717) is 27.2 Å². The van der Waals surface area contributed by atoms with Gasteiger partial charge in [0, 0.05) is 15.7 Å². The van der Waals surface area contributed by atoms with Crippen molar-refractivity contribution in [3.05, 3.63) is 136 Å². The minimum absolute atomic E-state index is 0.0777. The second-order valence-corrected chi connectivity index (χ2v) is 11.4. The van der Waals surface area contributed by atoms with E-state index in [0.717, 1.165) is 22.9 Å². The summed E-state index contributed by atoms with van der Waals surface area (Å²) in [4.78, 5) is 46.3. The van der Waals surface area contributed by atoms with Gasteiger partial charge >= 0.3 is 0 Å². The number of nitrogens with zero attached hydrogens (tertiary/aromatic N) is 2. The molecule has 0 radical (unpaired) electrons. The van der Waals surface area contributed by atoms with Crippen LogP contribution >= 0.6 is 27.7 Å². The summed E-state index contributed by atoms with van der Waals surface area (Å²) >= 11 is 4.43. The van der Waals surface area contributed by atoms with Gasteiger partial charge in [-0.05, 0) is 42.3 Å². The number of benzene rings is 3. The van der Waals surface area contributed by atoms with Crippen LogP contribution in [0.15, 0.2) is 124 Å². The summed E-state index contributed by atoms with van der Waals surface area (Å²) in [6, 6.07) is 22.3. The Morgan fingerprint density at radius 3 is 2.24 bits per heavy atom. The van der Waals surface area contributed by atoms with Gasteiger partial charge in [0.25, 0.3) is 11.8 Å². The quantitative estimate of drug-likeness (QED) is 0.135. The van der Waals surface area contributed by atoms with Crippen LogP contribution in [0.3, 0.4) is 0 Å². The van der Waals surface area contributed by atoms with Crippen LogP contribution in [0.1, 0.15) is 29.7 Å². The highest BCUT2D eigenvalue weighted by Gasteiger charge is 2.35. The first-order chi connectivity index (χ1) is 21.8. The van der Waals surface area contributed by atoms with E-state index < -0.39 is 11.8 Å². The van der Waals surface area contributed by atoms with E-state index in [1.807, 2.05) is 60.7 Å². The number of amidine groups is 1. The SMILES string of the molecule is C=C/C=C\C(=C/C)N1C(=O)/C(=C/c2cc(Br)cc(OC)c2OC)C(=O)N=C1SCC(=O)NC(c1ccccc1)c1ccccc1. The van der Waals surface area contributed by atoms with E-state index in [9.17, 15) is 14.4 Å². The van der Waals surface area contributed by atoms with E-state index in [1.165, 1.54) is 25.2 Å². The minimum atomic E-state index is -0.741. The molecule has 8 nitrogen and oxygen atoms in total. The highest BCUT2D eigenvalue weighted by molar-refractivity contribution is 9.10. The lowest BCUT2D eigenvalue weighted by atomic mass is 9.99. The zero-order chi connectivity index (χ0) is 32.3. The van der Waals surface area contributed by atoms with Crippen LogP contribution in [0, 0.1) is 0 Å². The molecule has 1 aliphatic heterocycles. The smallest absolute Gasteiger partial charge is 0.285 e. The monoisotopic (exact) mass is 685 g/mol. The fourth-order valence-electron chi connectivity index (χ4n) is 4.61. The number of hydrogen-bond acceptors (Lipinski definition) is 6. The predicted molar refractivity (Wildman–Crippen MR) is 183 cm³/mol. The molecule has 1 aliphatic rings. The Labute approximate surface area is 275 Å². The van der Waals surface area contributed by atoms with Crippen molar-refractivity contribution < 1.29 is 23.9 Å². The van der Waals surface area contributed by atoms with E-state index in [2.05, 4.69) is 32.8 Å². The molecule has 0 aromatic heterocycles. The molecule has 3 aromatic carbocycles. The Morgan fingerprint density at radius 2 is 1.69 bits per heavy atom. The number of nitrogens with one attached hydrogen (secondary N) is 1. The van der Waals surface area contributed by atoms with Gasteiger partial charge in [0.15, 0.2) is 16.7 Å². The Morgan fingerprint density at radius 1 is 1.04 bits per heavy atom. The van der Waals surface area contributed by atoms with Gasteiger partial charge in [0.05, 0.1) is 26.0 Å². The molecule has 0 saturated heterocycles. The summed E-state index contributed by atoms with van der Waals surface area (Å²) < 4.78 is 11.6. The van der Waals surface area contributed by atoms with Gasteiger partial charge < -0.3 is 14.8 Å². The number of aliphatic imine (C=N–C) groups is 1. The zero-order valence-electron chi connectivity index (χ0n) is 25.0. The fraction of sp³-hybridized carbons (Fsp3) is 0.143. The molecule has 0 fully saturated rings. The molecular weight excluding hydrogens is 654 g/mol. The summed E-state index contributed by atoms with van der Waals surface area (Å²) in [5, 5.41) is 3.17. The molecule has 1 heterocycles. The summed E-state index contributed by atoms with van der Waals surface area (Å²) in [5.74, 6) is -0.961. The van der Waals surface area contributed by atoms with Crippen LogP contribution in [0.25, 0.3) is 6.08 Å². The largest absolute Gasteiger partial charge is 0.493 e. The molecule has 0 aliphatic carbocycles.